The van der Waals surface area contributed by atoms with Crippen LogP contribution in [0.3, 0.4) is 0 Å². The minimum Gasteiger partial charge on any atom is -0.370 e. The van der Waals surface area contributed by atoms with Crippen LogP contribution in [0, 0.1) is 5.82 Å². The molecule has 20 heavy (non-hydrogen) atoms. The van der Waals surface area contributed by atoms with Crippen molar-refractivity contribution in [1.82, 2.24) is 10.6 Å². The van der Waals surface area contributed by atoms with E-state index in [-0.39, 0.29) is 28.7 Å². The number of nitrogens with two attached hydrogens (primary N) is 1. The third-order valence-corrected chi connectivity index (χ3v) is 2.21. The molecule has 1 aromatic carbocycles. The maximum Gasteiger partial charge on any atom is 0.251 e. The number of carbonyl (C=O) groups is 1. The van der Waals surface area contributed by atoms with Crippen molar-refractivity contribution in [2.45, 2.75) is 0 Å². The second-order valence-corrected chi connectivity index (χ2v) is 3.70. The third-order valence-electron chi connectivity index (χ3n) is 2.21. The first-order valence-corrected chi connectivity index (χ1v) is 5.82. The minimum atomic E-state index is -0.373. The fourth-order valence-electron chi connectivity index (χ4n) is 1.28. The number of hydrogen-bond donors (Lipinski definition) is 3. The number of amides is 1. The summed E-state index contributed by atoms with van der Waals surface area (Å²) in [5.74, 6) is -0.342. The van der Waals surface area contributed by atoms with Crippen LogP contribution in [0.2, 0.25) is 0 Å². The number of benzene rings is 1. The molecule has 0 saturated carbocycles. The van der Waals surface area contributed by atoms with Crippen LogP contribution >= 0.6 is 17.0 Å². The van der Waals surface area contributed by atoms with Crippen molar-refractivity contribution in [2.75, 3.05) is 19.6 Å². The molecule has 0 spiro atoms. The predicted molar refractivity (Wildman–Crippen MR) is 83.7 cm³/mol. The van der Waals surface area contributed by atoms with E-state index < -0.39 is 0 Å². The molecule has 0 radical (unpaired) electrons. The zero-order valence-corrected chi connectivity index (χ0v) is 12.6. The van der Waals surface area contributed by atoms with Gasteiger partial charge >= 0.3 is 0 Å². The normalized spacial score (nSPS) is 10.3. The number of aliphatic imine (C=N–C) groups is 1. The fourth-order valence-corrected chi connectivity index (χ4v) is 1.28. The Morgan fingerprint density at radius 1 is 1.35 bits per heavy atom. The molecule has 1 amide bonds. The average molecular weight is 345 g/mol. The lowest BCUT2D eigenvalue weighted by atomic mass is 10.2. The summed E-state index contributed by atoms with van der Waals surface area (Å²) >= 11 is 0. The third kappa shape index (κ3) is 6.89. The number of guanidine groups is 1. The van der Waals surface area contributed by atoms with Gasteiger partial charge in [-0.25, -0.2) is 4.39 Å². The Kier molecular flexibility index (Phi) is 9.02. The Bertz CT molecular complexity index is 462. The summed E-state index contributed by atoms with van der Waals surface area (Å²) in [4.78, 5) is 15.6. The molecule has 1 rings (SSSR count). The summed E-state index contributed by atoms with van der Waals surface area (Å²) in [6.45, 7) is 4.79. The molecule has 0 aliphatic rings. The summed E-state index contributed by atoms with van der Waals surface area (Å²) in [6.07, 6.45) is 1.67. The van der Waals surface area contributed by atoms with E-state index in [9.17, 15) is 9.18 Å². The monoisotopic (exact) mass is 344 g/mol. The van der Waals surface area contributed by atoms with Gasteiger partial charge in [0.05, 0.1) is 6.54 Å². The maximum absolute atomic E-state index is 12.7. The van der Waals surface area contributed by atoms with Crippen molar-refractivity contribution >= 4 is 28.8 Å². The van der Waals surface area contributed by atoms with E-state index in [1.54, 1.807) is 6.08 Å². The van der Waals surface area contributed by atoms with Crippen LogP contribution in [-0.4, -0.2) is 31.5 Å². The van der Waals surface area contributed by atoms with Gasteiger partial charge in [0.25, 0.3) is 5.91 Å². The smallest absolute Gasteiger partial charge is 0.251 e. The maximum atomic E-state index is 12.7. The highest BCUT2D eigenvalue weighted by Gasteiger charge is 2.03. The van der Waals surface area contributed by atoms with E-state index in [4.69, 9.17) is 5.73 Å². The van der Waals surface area contributed by atoms with E-state index >= 15 is 0 Å². The summed E-state index contributed by atoms with van der Waals surface area (Å²) in [6, 6.07) is 5.33. The zero-order valence-electron chi connectivity index (χ0n) is 10.9. The van der Waals surface area contributed by atoms with Gasteiger partial charge in [-0.3, -0.25) is 9.79 Å². The number of halogens is 2. The van der Waals surface area contributed by atoms with Gasteiger partial charge in [-0.15, -0.1) is 23.6 Å². The first-order chi connectivity index (χ1) is 9.13. The second-order valence-electron chi connectivity index (χ2n) is 3.70. The molecule has 0 aliphatic carbocycles. The first kappa shape index (κ1) is 18.1. The van der Waals surface area contributed by atoms with Crippen molar-refractivity contribution in [3.63, 3.8) is 0 Å². The molecule has 7 heteroatoms. The molecule has 5 nitrogen and oxygen atoms in total. The van der Waals surface area contributed by atoms with Crippen LogP contribution in [0.1, 0.15) is 10.4 Å². The van der Waals surface area contributed by atoms with Crippen LogP contribution < -0.4 is 16.4 Å². The van der Waals surface area contributed by atoms with Crippen molar-refractivity contribution in [3.8, 4) is 0 Å². The van der Waals surface area contributed by atoms with E-state index in [1.807, 2.05) is 0 Å². The Labute approximate surface area is 127 Å². The molecule has 0 atom stereocenters. The van der Waals surface area contributed by atoms with Crippen molar-refractivity contribution in [3.05, 3.63) is 48.3 Å². The molecule has 0 fully saturated rings. The van der Waals surface area contributed by atoms with Crippen LogP contribution in [0.5, 0.6) is 0 Å². The molecule has 0 heterocycles. The summed E-state index contributed by atoms with van der Waals surface area (Å²) in [5, 5.41) is 5.47. The highest BCUT2D eigenvalue weighted by molar-refractivity contribution is 8.93. The molecule has 4 N–H and O–H groups in total. The number of hydrogen-bond acceptors (Lipinski definition) is 2. The van der Waals surface area contributed by atoms with Gasteiger partial charge in [0, 0.05) is 18.7 Å². The van der Waals surface area contributed by atoms with Crippen LogP contribution in [-0.2, 0) is 0 Å². The lowest BCUT2D eigenvalue weighted by molar-refractivity contribution is 0.0955. The number of nitrogens with zero attached hydrogens (tertiary/aromatic N) is 1. The standard InChI is InChI=1S/C13H17FN4O.BrH/c1-2-7-17-13(15)18-9-8-16-12(19)10-3-5-11(14)6-4-10;/h2-6H,1,7-9H2,(H,16,19)(H3,15,17,18);1H. The van der Waals surface area contributed by atoms with E-state index in [0.29, 0.717) is 31.2 Å². The lowest BCUT2D eigenvalue weighted by Crippen LogP contribution is -2.33. The molecule has 0 unspecified atom stereocenters. The van der Waals surface area contributed by atoms with Crippen LogP contribution in [0.15, 0.2) is 41.9 Å². The number of nitrogens with one attached hydrogen (secondary N) is 2. The Hall–Kier alpha value is -1.89. The van der Waals surface area contributed by atoms with Gasteiger partial charge in [0.15, 0.2) is 5.96 Å². The number of rotatable bonds is 6. The molecule has 0 aliphatic heterocycles. The Balaban J connectivity index is 0.00000361. The average Bonchev–Trinajstić information content (AvgIpc) is 2.41. The first-order valence-electron chi connectivity index (χ1n) is 5.82. The number of carbonyl (C=O) groups excluding carboxylic acids is 1. The lowest BCUT2D eigenvalue weighted by Gasteiger charge is -2.04. The highest BCUT2D eigenvalue weighted by Crippen LogP contribution is 2.01. The van der Waals surface area contributed by atoms with E-state index in [1.165, 1.54) is 24.3 Å². The molecule has 110 valence electrons. The fraction of sp³-hybridized carbons (Fsp3) is 0.231. The Morgan fingerprint density at radius 3 is 2.60 bits per heavy atom. The summed E-state index contributed by atoms with van der Waals surface area (Å²) in [5.41, 5.74) is 5.95. The Morgan fingerprint density at radius 2 is 2.00 bits per heavy atom. The van der Waals surface area contributed by atoms with Gasteiger partial charge < -0.3 is 16.4 Å². The summed E-state index contributed by atoms with van der Waals surface area (Å²) in [7, 11) is 0. The minimum absolute atomic E-state index is 0. The quantitative estimate of drug-likeness (QED) is 0.314. The van der Waals surface area contributed by atoms with Gasteiger partial charge in [-0.1, -0.05) is 6.08 Å². The SMILES string of the molecule is Br.C=CCNC(N)=NCCNC(=O)c1ccc(F)cc1. The summed E-state index contributed by atoms with van der Waals surface area (Å²) < 4.78 is 12.7. The molecule has 0 saturated heterocycles. The predicted octanol–water partition coefficient (Wildman–Crippen LogP) is 1.22. The van der Waals surface area contributed by atoms with Crippen molar-refractivity contribution in [2.24, 2.45) is 10.7 Å². The highest BCUT2D eigenvalue weighted by atomic mass is 79.9. The van der Waals surface area contributed by atoms with Gasteiger partial charge in [0.2, 0.25) is 0 Å². The molecule has 1 aromatic rings. The molecular weight excluding hydrogens is 327 g/mol. The van der Waals surface area contributed by atoms with Gasteiger partial charge in [0.1, 0.15) is 5.82 Å². The van der Waals surface area contributed by atoms with Gasteiger partial charge in [-0.05, 0) is 24.3 Å². The van der Waals surface area contributed by atoms with Crippen LogP contribution in [0.4, 0.5) is 4.39 Å². The van der Waals surface area contributed by atoms with E-state index in [0.717, 1.165) is 0 Å². The van der Waals surface area contributed by atoms with Crippen molar-refractivity contribution in [1.29, 1.82) is 0 Å². The topological polar surface area (TPSA) is 79.5 Å². The second kappa shape index (κ2) is 9.96. The molecule has 0 bridgehead atoms. The van der Waals surface area contributed by atoms with Crippen molar-refractivity contribution < 1.29 is 9.18 Å². The van der Waals surface area contributed by atoms with Gasteiger partial charge in [-0.2, -0.15) is 0 Å². The van der Waals surface area contributed by atoms with Crippen LogP contribution in [0.25, 0.3) is 0 Å². The largest absolute Gasteiger partial charge is 0.370 e. The van der Waals surface area contributed by atoms with E-state index in [2.05, 4.69) is 22.2 Å². The molecule has 0 aromatic heterocycles. The molecular formula is C13H18BrFN4O. The zero-order chi connectivity index (χ0) is 14.1.